The van der Waals surface area contributed by atoms with Crippen molar-refractivity contribution >= 4 is 35.5 Å². The highest BCUT2D eigenvalue weighted by atomic mass is 35.5. The lowest BCUT2D eigenvalue weighted by Crippen LogP contribution is -2.38. The van der Waals surface area contributed by atoms with Crippen molar-refractivity contribution in [3.05, 3.63) is 28.8 Å². The van der Waals surface area contributed by atoms with Crippen LogP contribution in [0.1, 0.15) is 44.0 Å². The lowest BCUT2D eigenvalue weighted by Gasteiger charge is -2.15. The third-order valence-corrected chi connectivity index (χ3v) is 3.57. The molecule has 0 unspecified atom stereocenters. The molecule has 1 aromatic rings. The van der Waals surface area contributed by atoms with Gasteiger partial charge in [-0.15, -0.1) is 25.7 Å². The molecule has 2 rings (SSSR count). The Morgan fingerprint density at radius 2 is 1.61 bits per heavy atom. The van der Waals surface area contributed by atoms with Gasteiger partial charge in [0, 0.05) is 25.7 Å². The number of nitrogens with two attached hydrogens (primary N) is 1. The van der Waals surface area contributed by atoms with E-state index in [0.717, 1.165) is 31.8 Å². The number of hydrogen-bond donors (Lipinski definition) is 3. The normalized spacial score (nSPS) is 10.8. The zero-order valence-electron chi connectivity index (χ0n) is 18.9. The lowest BCUT2D eigenvalue weighted by atomic mass is 10.2. The number of carbonyl (C=O) groups excluding carboxylic acids is 3. The van der Waals surface area contributed by atoms with Crippen molar-refractivity contribution in [1.82, 2.24) is 15.5 Å². The van der Waals surface area contributed by atoms with Crippen LogP contribution in [0.15, 0.2) is 18.2 Å². The Morgan fingerprint density at radius 1 is 1.16 bits per heavy atom. The van der Waals surface area contributed by atoms with Crippen LogP contribution in [0.4, 0.5) is 5.69 Å². The lowest BCUT2D eigenvalue weighted by molar-refractivity contribution is -0.129. The van der Waals surface area contributed by atoms with Crippen molar-refractivity contribution in [1.29, 1.82) is 0 Å². The molecule has 1 aliphatic heterocycles. The molecule has 0 aliphatic carbocycles. The van der Waals surface area contributed by atoms with Crippen LogP contribution >= 0.6 is 11.6 Å². The SMILES string of the molecule is C#C.C#C.CC(C)C.CNC=O.Nc1ccc(C(=O)NCC(=O)N2CCCC2)cc1Cl. The van der Waals surface area contributed by atoms with Crippen LogP contribution in [-0.4, -0.2) is 49.8 Å². The van der Waals surface area contributed by atoms with Gasteiger partial charge in [-0.25, -0.2) is 0 Å². The van der Waals surface area contributed by atoms with Crippen molar-refractivity contribution in [3.8, 4) is 25.7 Å². The van der Waals surface area contributed by atoms with Gasteiger partial charge in [-0.05, 0) is 37.0 Å². The fraction of sp³-hybridized carbons (Fsp3) is 0.435. The Bertz CT molecular complexity index is 673. The summed E-state index contributed by atoms with van der Waals surface area (Å²) in [5.74, 6) is 0.460. The second kappa shape index (κ2) is 21.5. The van der Waals surface area contributed by atoms with E-state index in [1.807, 2.05) is 0 Å². The molecule has 1 fully saturated rings. The fourth-order valence-corrected chi connectivity index (χ4v) is 2.19. The Hall–Kier alpha value is -3.16. The monoisotopic (exact) mass is 450 g/mol. The number of rotatable bonds is 4. The predicted octanol–water partition coefficient (Wildman–Crippen LogP) is 2.80. The van der Waals surface area contributed by atoms with Gasteiger partial charge in [-0.3, -0.25) is 14.4 Å². The number of nitrogens with one attached hydrogen (secondary N) is 2. The highest BCUT2D eigenvalue weighted by molar-refractivity contribution is 6.33. The number of halogens is 1. The van der Waals surface area contributed by atoms with Crippen molar-refractivity contribution in [2.75, 3.05) is 32.4 Å². The summed E-state index contributed by atoms with van der Waals surface area (Å²) < 4.78 is 0. The zero-order valence-corrected chi connectivity index (χ0v) is 19.6. The van der Waals surface area contributed by atoms with Crippen molar-refractivity contribution < 1.29 is 14.4 Å². The Balaban J connectivity index is -0.000000548. The maximum Gasteiger partial charge on any atom is 0.251 e. The number of nitrogens with zero attached hydrogens (tertiary/aromatic N) is 1. The first-order valence-electron chi connectivity index (χ1n) is 9.61. The molecular weight excluding hydrogens is 416 g/mol. The van der Waals surface area contributed by atoms with E-state index in [1.54, 1.807) is 24.1 Å². The average molecular weight is 451 g/mol. The van der Waals surface area contributed by atoms with Crippen LogP contribution in [0, 0.1) is 31.6 Å². The Labute approximate surface area is 192 Å². The van der Waals surface area contributed by atoms with Gasteiger partial charge in [0.15, 0.2) is 0 Å². The van der Waals surface area contributed by atoms with Crippen LogP contribution in [0.25, 0.3) is 0 Å². The first-order chi connectivity index (χ1) is 14.7. The molecule has 0 bridgehead atoms. The molecule has 7 nitrogen and oxygen atoms in total. The highest BCUT2D eigenvalue weighted by Crippen LogP contribution is 2.19. The van der Waals surface area contributed by atoms with E-state index in [0.29, 0.717) is 22.7 Å². The van der Waals surface area contributed by atoms with Crippen molar-refractivity contribution in [2.24, 2.45) is 5.92 Å². The van der Waals surface area contributed by atoms with Gasteiger partial charge >= 0.3 is 0 Å². The first kappa shape index (κ1) is 32.5. The number of benzene rings is 1. The summed E-state index contributed by atoms with van der Waals surface area (Å²) >= 11 is 5.84. The number of hydrogen-bond acceptors (Lipinski definition) is 4. The van der Waals surface area contributed by atoms with Gasteiger partial charge in [0.05, 0.1) is 17.3 Å². The first-order valence-corrected chi connectivity index (χ1v) is 9.99. The van der Waals surface area contributed by atoms with Crippen LogP contribution in [0.3, 0.4) is 0 Å². The van der Waals surface area contributed by atoms with Crippen molar-refractivity contribution in [2.45, 2.75) is 33.6 Å². The third-order valence-electron chi connectivity index (χ3n) is 3.24. The van der Waals surface area contributed by atoms with Crippen LogP contribution in [0.5, 0.6) is 0 Å². The number of carbonyl (C=O) groups is 3. The number of amides is 3. The molecule has 4 N–H and O–H groups in total. The van der Waals surface area contributed by atoms with E-state index in [1.165, 1.54) is 6.07 Å². The summed E-state index contributed by atoms with van der Waals surface area (Å²) in [4.78, 5) is 34.4. The summed E-state index contributed by atoms with van der Waals surface area (Å²) in [6, 6.07) is 4.64. The molecule has 0 saturated carbocycles. The van der Waals surface area contributed by atoms with Gasteiger partial charge in [-0.1, -0.05) is 32.4 Å². The summed E-state index contributed by atoms with van der Waals surface area (Å²) in [7, 11) is 1.56. The van der Waals surface area contributed by atoms with Crippen LogP contribution in [-0.2, 0) is 9.59 Å². The largest absolute Gasteiger partial charge is 0.398 e. The third kappa shape index (κ3) is 17.4. The quantitative estimate of drug-likeness (QED) is 0.372. The summed E-state index contributed by atoms with van der Waals surface area (Å²) in [5.41, 5.74) is 6.39. The molecule has 31 heavy (non-hydrogen) atoms. The standard InChI is InChI=1S/C13H16ClN3O2.C4H10.C2H5NO.2C2H2/c14-10-7-9(3-4-11(10)15)13(19)16-8-12(18)17-5-1-2-6-17;1-4(2)3;1-3-2-4;2*1-2/h3-4,7H,1-2,5-6,8,15H2,(H,16,19);4H,1-3H3;2H,1H3,(H,3,4);2*1-2H. The van der Waals surface area contributed by atoms with Gasteiger partial charge in [-0.2, -0.15) is 0 Å². The zero-order chi connectivity index (χ0) is 24.8. The average Bonchev–Trinajstić information content (AvgIpc) is 3.31. The van der Waals surface area contributed by atoms with Crippen molar-refractivity contribution in [3.63, 3.8) is 0 Å². The number of anilines is 1. The van der Waals surface area contributed by atoms with Gasteiger partial charge in [0.2, 0.25) is 12.3 Å². The fourth-order valence-electron chi connectivity index (χ4n) is 2.00. The smallest absolute Gasteiger partial charge is 0.251 e. The Kier molecular flexibility index (Phi) is 22.6. The molecule has 0 radical (unpaired) electrons. The van der Waals surface area contributed by atoms with E-state index in [4.69, 9.17) is 22.1 Å². The summed E-state index contributed by atoms with van der Waals surface area (Å²) in [6.07, 6.45) is 18.7. The van der Waals surface area contributed by atoms with Gasteiger partial charge < -0.3 is 21.3 Å². The molecule has 3 amide bonds. The second-order valence-electron chi connectivity index (χ2n) is 6.65. The molecule has 1 saturated heterocycles. The van der Waals surface area contributed by atoms with Crippen LogP contribution in [0.2, 0.25) is 5.02 Å². The minimum Gasteiger partial charge on any atom is -0.398 e. The molecule has 172 valence electrons. The van der Waals surface area contributed by atoms with Gasteiger partial charge in [0.1, 0.15) is 0 Å². The van der Waals surface area contributed by atoms with E-state index >= 15 is 0 Å². The predicted molar refractivity (Wildman–Crippen MR) is 129 cm³/mol. The molecule has 0 spiro atoms. The molecule has 1 aromatic carbocycles. The Morgan fingerprint density at radius 3 is 2.00 bits per heavy atom. The van der Waals surface area contributed by atoms with E-state index in [9.17, 15) is 9.59 Å². The molecule has 0 atom stereocenters. The summed E-state index contributed by atoms with van der Waals surface area (Å²) in [5, 5.41) is 5.17. The van der Waals surface area contributed by atoms with E-state index in [-0.39, 0.29) is 18.4 Å². The summed E-state index contributed by atoms with van der Waals surface area (Å²) in [6.45, 7) is 8.08. The minimum atomic E-state index is -0.325. The molecule has 0 aromatic heterocycles. The molecule has 1 heterocycles. The highest BCUT2D eigenvalue weighted by Gasteiger charge is 2.18. The van der Waals surface area contributed by atoms with E-state index in [2.05, 4.69) is 57.1 Å². The van der Waals surface area contributed by atoms with Gasteiger partial charge in [0.25, 0.3) is 5.91 Å². The molecule has 8 heteroatoms. The number of terminal acetylenes is 2. The second-order valence-corrected chi connectivity index (χ2v) is 7.05. The van der Waals surface area contributed by atoms with Crippen LogP contribution < -0.4 is 16.4 Å². The topological polar surface area (TPSA) is 105 Å². The number of nitrogen functional groups attached to an aromatic ring is 1. The maximum atomic E-state index is 11.8. The minimum absolute atomic E-state index is 0.0147. The van der Waals surface area contributed by atoms with E-state index < -0.39 is 0 Å². The maximum absolute atomic E-state index is 11.8. The molecular formula is C23H35ClN4O3. The molecule has 1 aliphatic rings. The number of likely N-dealkylation sites (tertiary alicyclic amines) is 1.